The molecule has 4 rings (SSSR count). The molecule has 0 spiro atoms. The molecule has 0 fully saturated rings. The lowest BCUT2D eigenvalue weighted by Gasteiger charge is -2.21. The fourth-order valence-electron chi connectivity index (χ4n) is 3.30. The number of methoxy groups -OCH3 is 2. The summed E-state index contributed by atoms with van der Waals surface area (Å²) in [6.45, 7) is 0.199. The van der Waals surface area contributed by atoms with Crippen LogP contribution in [0.3, 0.4) is 0 Å². The molecule has 4 aromatic rings. The van der Waals surface area contributed by atoms with E-state index in [1.165, 1.54) is 42.6 Å². The highest BCUT2D eigenvalue weighted by molar-refractivity contribution is 7.22. The van der Waals surface area contributed by atoms with Gasteiger partial charge in [-0.2, -0.15) is 0 Å². The number of ether oxygens (including phenoxy) is 2. The Morgan fingerprint density at radius 1 is 1.03 bits per heavy atom. The zero-order chi connectivity index (χ0) is 22.7. The maximum atomic E-state index is 13.7. The second-order valence-electron chi connectivity index (χ2n) is 6.82. The third-order valence-corrected chi connectivity index (χ3v) is 5.93. The highest BCUT2D eigenvalue weighted by Gasteiger charge is 2.30. The minimum Gasteiger partial charge on any atom is -0.493 e. The first-order valence-electron chi connectivity index (χ1n) is 9.63. The van der Waals surface area contributed by atoms with Crippen molar-refractivity contribution in [3.8, 4) is 11.5 Å². The molecule has 0 atom stereocenters. The molecular formula is C23H19N3O5S. The van der Waals surface area contributed by atoms with E-state index in [1.807, 2.05) is 54.6 Å². The second-order valence-corrected chi connectivity index (χ2v) is 7.83. The van der Waals surface area contributed by atoms with Gasteiger partial charge in [0.25, 0.3) is 11.6 Å². The smallest absolute Gasteiger partial charge is 0.286 e. The monoisotopic (exact) mass is 449 g/mol. The van der Waals surface area contributed by atoms with Gasteiger partial charge in [-0.3, -0.25) is 19.8 Å². The molecule has 0 aliphatic carbocycles. The molecule has 32 heavy (non-hydrogen) atoms. The van der Waals surface area contributed by atoms with E-state index in [2.05, 4.69) is 4.98 Å². The van der Waals surface area contributed by atoms with Gasteiger partial charge in [0.1, 0.15) is 5.56 Å². The Bertz CT molecular complexity index is 1260. The maximum Gasteiger partial charge on any atom is 0.286 e. The van der Waals surface area contributed by atoms with Gasteiger partial charge in [-0.1, -0.05) is 53.8 Å². The van der Waals surface area contributed by atoms with Gasteiger partial charge in [-0.15, -0.1) is 0 Å². The molecule has 0 unspecified atom stereocenters. The van der Waals surface area contributed by atoms with Gasteiger partial charge in [-0.05, 0) is 17.7 Å². The minimum absolute atomic E-state index is 0.108. The van der Waals surface area contributed by atoms with Gasteiger partial charge in [0.05, 0.1) is 42.0 Å². The number of nitro groups is 1. The lowest BCUT2D eigenvalue weighted by atomic mass is 10.1. The molecule has 0 radical (unpaired) electrons. The standard InChI is InChI=1S/C23H19N3O5S/c1-30-19-12-16(18(26(28)29)13-20(19)31-2)22(27)25(14-15-8-4-3-5-9-15)23-24-17-10-6-7-11-21(17)32-23/h3-13H,14H2,1-2H3. The molecule has 0 aliphatic rings. The van der Waals surface area contributed by atoms with Gasteiger partial charge in [0.2, 0.25) is 0 Å². The van der Waals surface area contributed by atoms with Crippen LogP contribution in [-0.2, 0) is 6.54 Å². The van der Waals surface area contributed by atoms with Gasteiger partial charge in [-0.25, -0.2) is 4.98 Å². The van der Waals surface area contributed by atoms with Crippen LogP contribution >= 0.6 is 11.3 Å². The van der Waals surface area contributed by atoms with Crippen molar-refractivity contribution < 1.29 is 19.2 Å². The summed E-state index contributed by atoms with van der Waals surface area (Å²) in [6, 6.07) is 19.5. The Labute approximate surface area is 187 Å². The van der Waals surface area contributed by atoms with Crippen LogP contribution in [0.1, 0.15) is 15.9 Å². The highest BCUT2D eigenvalue weighted by Crippen LogP contribution is 2.37. The average Bonchev–Trinajstić information content (AvgIpc) is 3.25. The molecule has 0 N–H and O–H groups in total. The third kappa shape index (κ3) is 4.10. The number of hydrogen-bond acceptors (Lipinski definition) is 7. The van der Waals surface area contributed by atoms with Crippen LogP contribution < -0.4 is 14.4 Å². The molecule has 1 amide bonds. The molecule has 3 aromatic carbocycles. The number of carbonyl (C=O) groups excluding carboxylic acids is 1. The summed E-state index contributed by atoms with van der Waals surface area (Å²) in [5.41, 5.74) is 1.14. The normalized spacial score (nSPS) is 10.7. The summed E-state index contributed by atoms with van der Waals surface area (Å²) in [6.07, 6.45) is 0. The number of benzene rings is 3. The van der Waals surface area contributed by atoms with Crippen molar-refractivity contribution in [2.45, 2.75) is 6.54 Å². The Hall–Kier alpha value is -3.98. The van der Waals surface area contributed by atoms with E-state index in [9.17, 15) is 14.9 Å². The maximum absolute atomic E-state index is 13.7. The summed E-state index contributed by atoms with van der Waals surface area (Å²) in [5, 5.41) is 12.2. The van der Waals surface area contributed by atoms with Crippen molar-refractivity contribution in [1.29, 1.82) is 0 Å². The first kappa shape index (κ1) is 21.3. The number of thiazole rings is 1. The first-order valence-corrected chi connectivity index (χ1v) is 10.4. The van der Waals surface area contributed by atoms with E-state index in [-0.39, 0.29) is 29.3 Å². The Morgan fingerprint density at radius 3 is 2.34 bits per heavy atom. The van der Waals surface area contributed by atoms with Crippen molar-refractivity contribution in [2.24, 2.45) is 0 Å². The highest BCUT2D eigenvalue weighted by atomic mass is 32.1. The fraction of sp³-hybridized carbons (Fsp3) is 0.130. The Balaban J connectivity index is 1.85. The number of carbonyl (C=O) groups is 1. The summed E-state index contributed by atoms with van der Waals surface area (Å²) >= 11 is 1.35. The molecule has 0 aliphatic heterocycles. The van der Waals surface area contributed by atoms with Gasteiger partial charge in [0, 0.05) is 6.07 Å². The van der Waals surface area contributed by atoms with Crippen molar-refractivity contribution in [1.82, 2.24) is 4.98 Å². The lowest BCUT2D eigenvalue weighted by molar-refractivity contribution is -0.385. The van der Waals surface area contributed by atoms with Crippen LogP contribution in [0.4, 0.5) is 10.8 Å². The van der Waals surface area contributed by atoms with E-state index in [0.29, 0.717) is 5.13 Å². The van der Waals surface area contributed by atoms with Crippen LogP contribution in [0.15, 0.2) is 66.7 Å². The number of hydrogen-bond donors (Lipinski definition) is 0. The summed E-state index contributed by atoms with van der Waals surface area (Å²) in [7, 11) is 2.79. The number of anilines is 1. The summed E-state index contributed by atoms with van der Waals surface area (Å²) < 4.78 is 11.4. The van der Waals surface area contributed by atoms with Gasteiger partial charge in [0.15, 0.2) is 16.6 Å². The minimum atomic E-state index is -0.603. The molecule has 1 aromatic heterocycles. The molecule has 1 heterocycles. The Morgan fingerprint density at radius 2 is 1.69 bits per heavy atom. The van der Waals surface area contributed by atoms with E-state index in [4.69, 9.17) is 9.47 Å². The van der Waals surface area contributed by atoms with Crippen molar-refractivity contribution in [2.75, 3.05) is 19.1 Å². The quantitative estimate of drug-likeness (QED) is 0.289. The lowest BCUT2D eigenvalue weighted by Crippen LogP contribution is -2.31. The molecule has 8 nitrogen and oxygen atoms in total. The molecular weight excluding hydrogens is 430 g/mol. The topological polar surface area (TPSA) is 94.8 Å². The molecule has 0 saturated carbocycles. The number of aromatic nitrogens is 1. The predicted octanol–water partition coefficient (Wildman–Crippen LogP) is 5.07. The van der Waals surface area contributed by atoms with Crippen LogP contribution in [0, 0.1) is 10.1 Å². The number of para-hydroxylation sites is 1. The largest absolute Gasteiger partial charge is 0.493 e. The van der Waals surface area contributed by atoms with Gasteiger partial charge < -0.3 is 9.47 Å². The zero-order valence-corrected chi connectivity index (χ0v) is 18.2. The number of fused-ring (bicyclic) bond motifs is 1. The van der Waals surface area contributed by atoms with Crippen molar-refractivity contribution in [3.05, 3.63) is 88.0 Å². The van der Waals surface area contributed by atoms with Crippen LogP contribution in [-0.4, -0.2) is 30.0 Å². The van der Waals surface area contributed by atoms with E-state index < -0.39 is 10.8 Å². The Kier molecular flexibility index (Phi) is 6.00. The average molecular weight is 449 g/mol. The first-order chi connectivity index (χ1) is 15.5. The van der Waals surface area contributed by atoms with Crippen LogP contribution in [0.5, 0.6) is 11.5 Å². The number of nitro benzene ring substituents is 1. The molecule has 0 saturated heterocycles. The van der Waals surface area contributed by atoms with Crippen LogP contribution in [0.2, 0.25) is 0 Å². The fourth-order valence-corrected chi connectivity index (χ4v) is 4.27. The summed E-state index contributed by atoms with van der Waals surface area (Å²) in [5.74, 6) is -0.156. The van der Waals surface area contributed by atoms with Crippen molar-refractivity contribution in [3.63, 3.8) is 0 Å². The molecule has 162 valence electrons. The van der Waals surface area contributed by atoms with E-state index in [0.717, 1.165) is 15.8 Å². The van der Waals surface area contributed by atoms with Crippen molar-refractivity contribution >= 4 is 38.3 Å². The number of amides is 1. The molecule has 9 heteroatoms. The van der Waals surface area contributed by atoms with E-state index in [1.54, 1.807) is 0 Å². The third-order valence-electron chi connectivity index (χ3n) is 4.87. The van der Waals surface area contributed by atoms with Gasteiger partial charge >= 0.3 is 0 Å². The summed E-state index contributed by atoms with van der Waals surface area (Å²) in [4.78, 5) is 30.9. The zero-order valence-electron chi connectivity index (χ0n) is 17.3. The SMILES string of the molecule is COc1cc(C(=O)N(Cc2ccccc2)c2nc3ccccc3s2)c([N+](=O)[O-])cc1OC. The predicted molar refractivity (Wildman–Crippen MR) is 123 cm³/mol. The molecule has 0 bridgehead atoms. The second kappa shape index (κ2) is 9.03. The number of nitrogens with zero attached hydrogens (tertiary/aromatic N) is 3. The van der Waals surface area contributed by atoms with E-state index >= 15 is 0 Å². The number of rotatable bonds is 7. The van der Waals surface area contributed by atoms with Crippen LogP contribution in [0.25, 0.3) is 10.2 Å².